The molecule has 0 saturated carbocycles. The van der Waals surface area contributed by atoms with Crippen LogP contribution in [0.15, 0.2) is 42.5 Å². The van der Waals surface area contributed by atoms with E-state index in [-0.39, 0.29) is 12.5 Å². The molecule has 0 atom stereocenters. The molecule has 1 fully saturated rings. The topological polar surface area (TPSA) is 46.0 Å². The van der Waals surface area contributed by atoms with Crippen LogP contribution in [0.5, 0.6) is 5.75 Å². The molecule has 5 heteroatoms. The Labute approximate surface area is 168 Å². The number of hydrogen-bond acceptors (Lipinski definition) is 3. The van der Waals surface area contributed by atoms with Crippen molar-refractivity contribution in [3.8, 4) is 5.75 Å². The molecule has 0 bridgehead atoms. The Hall–Kier alpha value is -2.53. The lowest BCUT2D eigenvalue weighted by Crippen LogP contribution is -3.12. The van der Waals surface area contributed by atoms with Gasteiger partial charge < -0.3 is 19.9 Å². The Morgan fingerprint density at radius 2 is 1.89 bits per heavy atom. The summed E-state index contributed by atoms with van der Waals surface area (Å²) < 4.78 is 5.88. The van der Waals surface area contributed by atoms with Crippen molar-refractivity contribution in [1.82, 2.24) is 0 Å². The van der Waals surface area contributed by atoms with Gasteiger partial charge in [0, 0.05) is 0 Å². The van der Waals surface area contributed by atoms with Crippen molar-refractivity contribution in [2.75, 3.05) is 50.1 Å². The average molecular weight is 383 g/mol. The second-order valence-electron chi connectivity index (χ2n) is 7.99. The Balaban J connectivity index is 1.66. The number of aryl methyl sites for hydroxylation is 1. The Morgan fingerprint density at radius 3 is 2.61 bits per heavy atom. The third kappa shape index (κ3) is 5.04. The van der Waals surface area contributed by atoms with Crippen molar-refractivity contribution in [3.63, 3.8) is 0 Å². The van der Waals surface area contributed by atoms with Crippen molar-refractivity contribution < 1.29 is 14.4 Å². The molecular formula is C23H32N3O2+. The van der Waals surface area contributed by atoms with E-state index in [9.17, 15) is 4.79 Å². The summed E-state index contributed by atoms with van der Waals surface area (Å²) >= 11 is 0. The predicted octanol–water partition coefficient (Wildman–Crippen LogP) is 2.47. The van der Waals surface area contributed by atoms with E-state index in [1.165, 1.54) is 0 Å². The van der Waals surface area contributed by atoms with E-state index < -0.39 is 0 Å². The van der Waals surface area contributed by atoms with E-state index in [0.29, 0.717) is 5.92 Å². The molecule has 1 heterocycles. The van der Waals surface area contributed by atoms with Gasteiger partial charge in [-0.05, 0) is 42.2 Å². The standard InChI is InChI=1S/C23H31N3O2/c1-17(2)19-10-9-18(3)15-22(19)28-16-23(27)24-20-7-5-6-8-21(20)26-13-11-25(4)12-14-26/h5-10,15,17H,11-14,16H2,1-4H3,(H,24,27)/p+1. The zero-order valence-electron chi connectivity index (χ0n) is 17.4. The maximum atomic E-state index is 12.6. The van der Waals surface area contributed by atoms with Crippen molar-refractivity contribution in [1.29, 1.82) is 0 Å². The minimum absolute atomic E-state index is 0.00436. The van der Waals surface area contributed by atoms with Crippen molar-refractivity contribution in [2.45, 2.75) is 26.7 Å². The molecule has 2 aromatic carbocycles. The molecule has 1 aliphatic heterocycles. The van der Waals surface area contributed by atoms with Crippen LogP contribution >= 0.6 is 0 Å². The average Bonchev–Trinajstić information content (AvgIpc) is 2.67. The van der Waals surface area contributed by atoms with Crippen LogP contribution in [-0.4, -0.2) is 45.7 Å². The highest BCUT2D eigenvalue weighted by Crippen LogP contribution is 2.28. The predicted molar refractivity (Wildman–Crippen MR) is 115 cm³/mol. The fourth-order valence-electron chi connectivity index (χ4n) is 3.56. The number of carbonyl (C=O) groups is 1. The third-order valence-corrected chi connectivity index (χ3v) is 5.29. The molecule has 0 unspecified atom stereocenters. The Kier molecular flexibility index (Phi) is 6.57. The SMILES string of the molecule is Cc1ccc(C(C)C)c(OCC(=O)Nc2ccccc2N2CC[NH+](C)CC2)c1. The molecule has 0 aliphatic carbocycles. The van der Waals surface area contributed by atoms with Gasteiger partial charge in [-0.25, -0.2) is 0 Å². The molecule has 3 rings (SSSR count). The molecule has 2 N–H and O–H groups in total. The van der Waals surface area contributed by atoms with Crippen LogP contribution in [0.1, 0.15) is 30.9 Å². The van der Waals surface area contributed by atoms with Crippen LogP contribution in [-0.2, 0) is 4.79 Å². The number of ether oxygens (including phenoxy) is 1. The maximum absolute atomic E-state index is 12.6. The highest BCUT2D eigenvalue weighted by Gasteiger charge is 2.20. The van der Waals surface area contributed by atoms with E-state index in [0.717, 1.165) is 54.4 Å². The van der Waals surface area contributed by atoms with E-state index in [2.05, 4.69) is 49.3 Å². The van der Waals surface area contributed by atoms with Crippen LogP contribution in [0, 0.1) is 6.92 Å². The minimum atomic E-state index is -0.136. The number of quaternary nitrogens is 1. The maximum Gasteiger partial charge on any atom is 0.262 e. The number of benzene rings is 2. The zero-order valence-corrected chi connectivity index (χ0v) is 17.4. The molecule has 1 saturated heterocycles. The second kappa shape index (κ2) is 9.11. The minimum Gasteiger partial charge on any atom is -0.483 e. The van der Waals surface area contributed by atoms with Gasteiger partial charge in [-0.3, -0.25) is 4.79 Å². The molecule has 150 valence electrons. The van der Waals surface area contributed by atoms with Crippen molar-refractivity contribution in [2.24, 2.45) is 0 Å². The van der Waals surface area contributed by atoms with Gasteiger partial charge in [0.15, 0.2) is 6.61 Å². The van der Waals surface area contributed by atoms with Gasteiger partial charge in [-0.2, -0.15) is 0 Å². The second-order valence-corrected chi connectivity index (χ2v) is 7.99. The van der Waals surface area contributed by atoms with E-state index in [1.807, 2.05) is 31.2 Å². The summed E-state index contributed by atoms with van der Waals surface area (Å²) in [7, 11) is 2.22. The number of piperazine rings is 1. The van der Waals surface area contributed by atoms with E-state index >= 15 is 0 Å². The number of rotatable bonds is 6. The van der Waals surface area contributed by atoms with Gasteiger partial charge in [0.1, 0.15) is 5.75 Å². The number of amides is 1. The van der Waals surface area contributed by atoms with Crippen LogP contribution in [0.25, 0.3) is 0 Å². The Morgan fingerprint density at radius 1 is 1.18 bits per heavy atom. The first-order valence-electron chi connectivity index (χ1n) is 10.1. The summed E-state index contributed by atoms with van der Waals surface area (Å²) in [6.07, 6.45) is 0. The number of carbonyl (C=O) groups excluding carboxylic acids is 1. The molecule has 1 amide bonds. The summed E-state index contributed by atoms with van der Waals surface area (Å²) in [5.74, 6) is 1.00. The van der Waals surface area contributed by atoms with Crippen LogP contribution in [0.2, 0.25) is 0 Å². The fraction of sp³-hybridized carbons (Fsp3) is 0.435. The van der Waals surface area contributed by atoms with Crippen LogP contribution in [0.4, 0.5) is 11.4 Å². The van der Waals surface area contributed by atoms with Gasteiger partial charge >= 0.3 is 0 Å². The molecule has 0 radical (unpaired) electrons. The summed E-state index contributed by atoms with van der Waals surface area (Å²) in [5, 5.41) is 3.04. The van der Waals surface area contributed by atoms with Gasteiger partial charge in [0.25, 0.3) is 5.91 Å². The first kappa shape index (κ1) is 20.2. The van der Waals surface area contributed by atoms with Crippen LogP contribution in [0.3, 0.4) is 0 Å². The van der Waals surface area contributed by atoms with Gasteiger partial charge in [0.2, 0.25) is 0 Å². The molecule has 28 heavy (non-hydrogen) atoms. The van der Waals surface area contributed by atoms with Crippen molar-refractivity contribution >= 4 is 17.3 Å². The molecule has 0 aromatic heterocycles. The molecule has 2 aromatic rings. The third-order valence-electron chi connectivity index (χ3n) is 5.29. The monoisotopic (exact) mass is 382 g/mol. The smallest absolute Gasteiger partial charge is 0.262 e. The Bertz CT molecular complexity index is 811. The summed E-state index contributed by atoms with van der Waals surface area (Å²) in [6, 6.07) is 14.2. The lowest BCUT2D eigenvalue weighted by molar-refractivity contribution is -0.880. The number of likely N-dealkylation sites (N-methyl/N-ethyl adjacent to an activating group) is 1. The number of hydrogen-bond donors (Lipinski definition) is 2. The first-order valence-corrected chi connectivity index (χ1v) is 10.1. The quantitative estimate of drug-likeness (QED) is 0.807. The zero-order chi connectivity index (χ0) is 20.1. The molecule has 5 nitrogen and oxygen atoms in total. The fourth-order valence-corrected chi connectivity index (χ4v) is 3.56. The lowest BCUT2D eigenvalue weighted by atomic mass is 10.0. The summed E-state index contributed by atoms with van der Waals surface area (Å²) in [4.78, 5) is 16.5. The van der Waals surface area contributed by atoms with Gasteiger partial charge in [0.05, 0.1) is 44.6 Å². The molecular weight excluding hydrogens is 350 g/mol. The van der Waals surface area contributed by atoms with E-state index in [1.54, 1.807) is 4.90 Å². The van der Waals surface area contributed by atoms with Crippen molar-refractivity contribution in [3.05, 3.63) is 53.6 Å². The molecule has 0 spiro atoms. The number of nitrogens with zero attached hydrogens (tertiary/aromatic N) is 1. The van der Waals surface area contributed by atoms with Gasteiger partial charge in [-0.15, -0.1) is 0 Å². The van der Waals surface area contributed by atoms with E-state index in [4.69, 9.17) is 4.74 Å². The van der Waals surface area contributed by atoms with Gasteiger partial charge in [-0.1, -0.05) is 38.1 Å². The lowest BCUT2D eigenvalue weighted by Gasteiger charge is -2.33. The number of nitrogens with one attached hydrogen (secondary N) is 2. The largest absolute Gasteiger partial charge is 0.483 e. The number of para-hydroxylation sites is 2. The summed E-state index contributed by atoms with van der Waals surface area (Å²) in [6.45, 7) is 10.5. The molecule has 1 aliphatic rings. The van der Waals surface area contributed by atoms with Crippen LogP contribution < -0.4 is 19.9 Å². The first-order chi connectivity index (χ1) is 13.4. The summed E-state index contributed by atoms with van der Waals surface area (Å²) in [5.41, 5.74) is 4.19. The highest BCUT2D eigenvalue weighted by molar-refractivity contribution is 5.95. The normalized spacial score (nSPS) is 15.0. The number of anilines is 2. The highest BCUT2D eigenvalue weighted by atomic mass is 16.5.